The Morgan fingerprint density at radius 1 is 1.19 bits per heavy atom. The molecule has 4 heteroatoms. The van der Waals surface area contributed by atoms with Gasteiger partial charge in [-0.2, -0.15) is 4.98 Å². The lowest BCUT2D eigenvalue weighted by Gasteiger charge is -2.21. The van der Waals surface area contributed by atoms with E-state index in [4.69, 9.17) is 10.3 Å². The molecule has 1 aromatic carbocycles. The Kier molecular flexibility index (Phi) is 2.42. The Labute approximate surface area is 94.5 Å². The summed E-state index contributed by atoms with van der Waals surface area (Å²) in [7, 11) is 0. The van der Waals surface area contributed by atoms with Gasteiger partial charge < -0.3 is 10.3 Å². The maximum Gasteiger partial charge on any atom is 0.261 e. The van der Waals surface area contributed by atoms with Crippen LogP contribution in [0.5, 0.6) is 0 Å². The molecule has 84 valence electrons. The largest absolute Gasteiger partial charge is 0.365 e. The van der Waals surface area contributed by atoms with E-state index in [-0.39, 0.29) is 11.4 Å². The molecule has 0 fully saturated rings. The number of rotatable bonds is 1. The molecule has 2 aromatic rings. The molecule has 2 rings (SSSR count). The van der Waals surface area contributed by atoms with E-state index in [1.807, 2.05) is 18.2 Å². The summed E-state index contributed by atoms with van der Waals surface area (Å²) in [5.41, 5.74) is 7.60. The van der Waals surface area contributed by atoms with Gasteiger partial charge in [-0.05, 0) is 22.2 Å². The molecule has 0 unspecified atom stereocenters. The highest BCUT2D eigenvalue weighted by Gasteiger charge is 2.20. The first-order valence-electron chi connectivity index (χ1n) is 5.17. The maximum atomic E-state index is 5.46. The minimum atomic E-state index is 0.0276. The van der Waals surface area contributed by atoms with Crippen molar-refractivity contribution >= 4 is 5.95 Å². The highest BCUT2D eigenvalue weighted by Crippen LogP contribution is 2.31. The summed E-state index contributed by atoms with van der Waals surface area (Å²) in [6.07, 6.45) is 0. The number of nitrogens with two attached hydrogens (primary N) is 1. The van der Waals surface area contributed by atoms with Crippen LogP contribution < -0.4 is 5.73 Å². The molecule has 0 spiro atoms. The van der Waals surface area contributed by atoms with E-state index >= 15 is 0 Å². The second-order valence-corrected chi connectivity index (χ2v) is 4.75. The predicted octanol–water partition coefficient (Wildman–Crippen LogP) is 2.62. The van der Waals surface area contributed by atoms with Crippen molar-refractivity contribution in [2.75, 3.05) is 5.73 Å². The van der Waals surface area contributed by atoms with Crippen LogP contribution in [0.15, 0.2) is 28.8 Å². The summed E-state index contributed by atoms with van der Waals surface area (Å²) in [5, 5.41) is 3.61. The predicted molar refractivity (Wildman–Crippen MR) is 62.8 cm³/mol. The van der Waals surface area contributed by atoms with E-state index in [1.54, 1.807) is 0 Å². The average molecular weight is 217 g/mol. The van der Waals surface area contributed by atoms with Crippen LogP contribution in [-0.2, 0) is 5.41 Å². The molecule has 0 radical (unpaired) electrons. The number of nitrogen functional groups attached to an aromatic ring is 1. The Bertz CT molecular complexity index is 497. The smallest absolute Gasteiger partial charge is 0.261 e. The molecule has 0 aliphatic heterocycles. The molecule has 0 amide bonds. The molecule has 0 saturated carbocycles. The zero-order valence-corrected chi connectivity index (χ0v) is 9.69. The van der Waals surface area contributed by atoms with E-state index in [2.05, 4.69) is 37.0 Å². The molecular weight excluding hydrogens is 202 g/mol. The highest BCUT2D eigenvalue weighted by atomic mass is 16.5. The van der Waals surface area contributed by atoms with Crippen LogP contribution in [0.1, 0.15) is 26.3 Å². The van der Waals surface area contributed by atoms with E-state index in [9.17, 15) is 0 Å². The molecule has 0 aliphatic rings. The fraction of sp³-hybridized carbons (Fsp3) is 0.333. The van der Waals surface area contributed by atoms with Crippen LogP contribution in [-0.4, -0.2) is 10.1 Å². The van der Waals surface area contributed by atoms with Crippen molar-refractivity contribution in [3.63, 3.8) is 0 Å². The van der Waals surface area contributed by atoms with Gasteiger partial charge in [0, 0.05) is 5.56 Å². The molecule has 16 heavy (non-hydrogen) atoms. The molecule has 2 N–H and O–H groups in total. The topological polar surface area (TPSA) is 64.9 Å². The van der Waals surface area contributed by atoms with Crippen LogP contribution in [0.25, 0.3) is 11.5 Å². The normalized spacial score (nSPS) is 11.7. The summed E-state index contributed by atoms with van der Waals surface area (Å²) in [5.74, 6) is 0.640. The van der Waals surface area contributed by atoms with Gasteiger partial charge in [0.2, 0.25) is 0 Å². The third kappa shape index (κ3) is 1.91. The lowest BCUT2D eigenvalue weighted by molar-refractivity contribution is 0.431. The van der Waals surface area contributed by atoms with E-state index < -0.39 is 0 Å². The van der Waals surface area contributed by atoms with Crippen molar-refractivity contribution in [1.82, 2.24) is 10.1 Å². The number of nitrogens with zero attached hydrogens (tertiary/aromatic N) is 2. The van der Waals surface area contributed by atoms with Gasteiger partial charge >= 0.3 is 0 Å². The molecule has 1 heterocycles. The maximum absolute atomic E-state index is 5.46. The quantitative estimate of drug-likeness (QED) is 0.797. The fourth-order valence-corrected chi connectivity index (χ4v) is 1.67. The number of hydrogen-bond donors (Lipinski definition) is 1. The minimum Gasteiger partial charge on any atom is -0.365 e. The van der Waals surface area contributed by atoms with Gasteiger partial charge in [0.25, 0.3) is 11.8 Å². The summed E-state index contributed by atoms with van der Waals surface area (Å²) < 4.78 is 5.10. The number of hydrogen-bond acceptors (Lipinski definition) is 4. The van der Waals surface area contributed by atoms with Crippen molar-refractivity contribution in [2.45, 2.75) is 26.2 Å². The van der Waals surface area contributed by atoms with Crippen LogP contribution >= 0.6 is 0 Å². The third-order valence-electron chi connectivity index (χ3n) is 2.41. The number of anilines is 1. The standard InChI is InChI=1S/C12H15N3O/c1-12(2,3)9-7-5-4-6-8(9)10-14-11(13)15-16-10/h4-7H,1-3H3,(H2,13,15). The zero-order chi connectivity index (χ0) is 11.8. The summed E-state index contributed by atoms with van der Waals surface area (Å²) in [6, 6.07) is 7.98. The van der Waals surface area contributed by atoms with Gasteiger partial charge in [-0.25, -0.2) is 0 Å². The fourth-order valence-electron chi connectivity index (χ4n) is 1.67. The molecule has 0 bridgehead atoms. The number of aromatic nitrogens is 2. The Morgan fingerprint density at radius 2 is 1.88 bits per heavy atom. The van der Waals surface area contributed by atoms with E-state index in [0.29, 0.717) is 5.89 Å². The molecule has 0 saturated heterocycles. The lowest BCUT2D eigenvalue weighted by Crippen LogP contribution is -2.12. The number of benzene rings is 1. The molecule has 0 aliphatic carbocycles. The first kappa shape index (κ1) is 10.7. The monoisotopic (exact) mass is 217 g/mol. The van der Waals surface area contributed by atoms with Crippen LogP contribution in [0.3, 0.4) is 0 Å². The van der Waals surface area contributed by atoms with Gasteiger partial charge in [-0.15, -0.1) is 0 Å². The zero-order valence-electron chi connectivity index (χ0n) is 9.69. The average Bonchev–Trinajstić information content (AvgIpc) is 2.64. The third-order valence-corrected chi connectivity index (χ3v) is 2.41. The van der Waals surface area contributed by atoms with Crippen LogP contribution in [0.4, 0.5) is 5.95 Å². The Morgan fingerprint density at radius 3 is 2.44 bits per heavy atom. The van der Waals surface area contributed by atoms with Crippen LogP contribution in [0, 0.1) is 0 Å². The first-order valence-corrected chi connectivity index (χ1v) is 5.17. The van der Waals surface area contributed by atoms with Crippen molar-refractivity contribution in [3.05, 3.63) is 29.8 Å². The Hall–Kier alpha value is -1.84. The van der Waals surface area contributed by atoms with Gasteiger partial charge in [-0.3, -0.25) is 0 Å². The highest BCUT2D eigenvalue weighted by molar-refractivity contribution is 5.61. The van der Waals surface area contributed by atoms with Crippen molar-refractivity contribution < 1.29 is 4.52 Å². The molecule has 0 atom stereocenters. The second-order valence-electron chi connectivity index (χ2n) is 4.75. The summed E-state index contributed by atoms with van der Waals surface area (Å²) >= 11 is 0. The van der Waals surface area contributed by atoms with Gasteiger partial charge in [0.05, 0.1) is 0 Å². The van der Waals surface area contributed by atoms with Gasteiger partial charge in [-0.1, -0.05) is 39.0 Å². The van der Waals surface area contributed by atoms with Crippen molar-refractivity contribution in [1.29, 1.82) is 0 Å². The second kappa shape index (κ2) is 3.63. The molecular formula is C12H15N3O. The lowest BCUT2D eigenvalue weighted by atomic mass is 9.84. The van der Waals surface area contributed by atoms with Crippen molar-refractivity contribution in [2.24, 2.45) is 0 Å². The minimum absolute atomic E-state index is 0.0276. The summed E-state index contributed by atoms with van der Waals surface area (Å²) in [6.45, 7) is 6.43. The van der Waals surface area contributed by atoms with E-state index in [0.717, 1.165) is 5.56 Å². The summed E-state index contributed by atoms with van der Waals surface area (Å²) in [4.78, 5) is 4.06. The van der Waals surface area contributed by atoms with Crippen LogP contribution in [0.2, 0.25) is 0 Å². The molecule has 1 aromatic heterocycles. The first-order chi connectivity index (χ1) is 7.48. The van der Waals surface area contributed by atoms with E-state index in [1.165, 1.54) is 5.56 Å². The van der Waals surface area contributed by atoms with Gasteiger partial charge in [0.1, 0.15) is 0 Å². The Balaban J connectivity index is 2.57. The molecule has 4 nitrogen and oxygen atoms in total. The van der Waals surface area contributed by atoms with Gasteiger partial charge in [0.15, 0.2) is 0 Å². The SMILES string of the molecule is CC(C)(C)c1ccccc1-c1nc(N)no1. The van der Waals surface area contributed by atoms with Crippen molar-refractivity contribution in [3.8, 4) is 11.5 Å².